The summed E-state index contributed by atoms with van der Waals surface area (Å²) < 4.78 is 0. The number of nitrogens with two attached hydrogens (primary N) is 3. The van der Waals surface area contributed by atoms with Crippen molar-refractivity contribution < 1.29 is 24.3 Å². The van der Waals surface area contributed by atoms with Crippen molar-refractivity contribution >= 4 is 41.4 Å². The Morgan fingerprint density at radius 2 is 1.51 bits per heavy atom. The van der Waals surface area contributed by atoms with Gasteiger partial charge in [0.05, 0.1) is 6.04 Å². The van der Waals surface area contributed by atoms with E-state index >= 15 is 0 Å². The van der Waals surface area contributed by atoms with E-state index in [1.165, 1.54) is 11.8 Å². The van der Waals surface area contributed by atoms with Crippen molar-refractivity contribution in [1.29, 1.82) is 0 Å². The summed E-state index contributed by atoms with van der Waals surface area (Å²) in [6, 6.07) is 5.36. The van der Waals surface area contributed by atoms with E-state index in [9.17, 15) is 24.3 Å². The van der Waals surface area contributed by atoms with Crippen molar-refractivity contribution in [2.75, 3.05) is 18.6 Å². The second-order valence-electron chi connectivity index (χ2n) is 9.68. The molecule has 13 heteroatoms. The minimum absolute atomic E-state index is 0.0183. The highest BCUT2D eigenvalue weighted by molar-refractivity contribution is 7.98. The number of thioether (sulfide) groups is 1. The van der Waals surface area contributed by atoms with Crippen LogP contribution in [-0.2, 0) is 25.6 Å². The average Bonchev–Trinajstić information content (AvgIpc) is 2.87. The third-order valence-corrected chi connectivity index (χ3v) is 6.42. The zero-order chi connectivity index (χ0) is 29.4. The molecule has 4 atom stereocenters. The molecule has 0 aliphatic rings. The number of nitrogens with zero attached hydrogens (tertiary/aromatic N) is 1. The monoisotopic (exact) mass is 565 g/mol. The molecule has 3 amide bonds. The number of carbonyl (C=O) groups excluding carboxylic acids is 3. The van der Waals surface area contributed by atoms with Crippen LogP contribution in [0.5, 0.6) is 0 Å². The molecule has 4 unspecified atom stereocenters. The molecule has 0 radical (unpaired) electrons. The largest absolute Gasteiger partial charge is 0.480 e. The van der Waals surface area contributed by atoms with Gasteiger partial charge in [-0.15, -0.1) is 0 Å². The van der Waals surface area contributed by atoms with Gasteiger partial charge in [-0.3, -0.25) is 19.4 Å². The summed E-state index contributed by atoms with van der Waals surface area (Å²) in [4.78, 5) is 54.7. The van der Waals surface area contributed by atoms with Crippen LogP contribution in [-0.4, -0.2) is 77.5 Å². The smallest absolute Gasteiger partial charge is 0.326 e. The Morgan fingerprint density at radius 3 is 2.08 bits per heavy atom. The number of hydrogen-bond donors (Lipinski definition) is 7. The lowest BCUT2D eigenvalue weighted by Gasteiger charge is -2.26. The van der Waals surface area contributed by atoms with Crippen molar-refractivity contribution in [3.8, 4) is 0 Å². The first-order valence-corrected chi connectivity index (χ1v) is 14.3. The fraction of sp³-hybridized carbons (Fsp3) is 0.577. The predicted molar refractivity (Wildman–Crippen MR) is 154 cm³/mol. The van der Waals surface area contributed by atoms with Crippen LogP contribution in [0.25, 0.3) is 0 Å². The minimum atomic E-state index is -1.21. The Morgan fingerprint density at radius 1 is 0.923 bits per heavy atom. The maximum atomic E-state index is 13.2. The van der Waals surface area contributed by atoms with Gasteiger partial charge in [-0.25, -0.2) is 4.79 Å². The number of aliphatic carboxylic acids is 1. The highest BCUT2D eigenvalue weighted by Gasteiger charge is 2.30. The summed E-state index contributed by atoms with van der Waals surface area (Å²) in [7, 11) is 0. The molecular weight excluding hydrogens is 522 g/mol. The molecular formula is C26H43N7O5S. The predicted octanol–water partition coefficient (Wildman–Crippen LogP) is -0.0518. The molecule has 0 saturated carbocycles. The molecule has 0 aliphatic carbocycles. The lowest BCUT2D eigenvalue weighted by molar-refractivity contribution is -0.142. The molecule has 1 rings (SSSR count). The summed E-state index contributed by atoms with van der Waals surface area (Å²) >= 11 is 1.51. The summed E-state index contributed by atoms with van der Waals surface area (Å²) in [6.07, 6.45) is 3.23. The number of benzene rings is 1. The van der Waals surface area contributed by atoms with E-state index in [1.807, 2.05) is 50.4 Å². The van der Waals surface area contributed by atoms with Crippen molar-refractivity contribution in [3.63, 3.8) is 0 Å². The molecule has 0 aliphatic heterocycles. The quantitative estimate of drug-likeness (QED) is 0.0720. The van der Waals surface area contributed by atoms with Crippen LogP contribution >= 0.6 is 11.8 Å². The second kappa shape index (κ2) is 18.1. The topological polar surface area (TPSA) is 215 Å². The number of amides is 3. The van der Waals surface area contributed by atoms with E-state index in [0.29, 0.717) is 25.0 Å². The van der Waals surface area contributed by atoms with Gasteiger partial charge >= 0.3 is 5.97 Å². The normalized spacial score (nSPS) is 14.0. The first kappa shape index (κ1) is 33.7. The van der Waals surface area contributed by atoms with Gasteiger partial charge in [0.1, 0.15) is 18.1 Å². The van der Waals surface area contributed by atoms with Crippen molar-refractivity contribution in [3.05, 3.63) is 35.9 Å². The van der Waals surface area contributed by atoms with Crippen LogP contribution in [0.3, 0.4) is 0 Å². The van der Waals surface area contributed by atoms with Gasteiger partial charge in [-0.1, -0.05) is 44.2 Å². The first-order chi connectivity index (χ1) is 18.4. The molecule has 0 saturated heterocycles. The van der Waals surface area contributed by atoms with Crippen molar-refractivity contribution in [2.45, 2.75) is 70.1 Å². The SMILES string of the molecule is CSCCC(NC(=O)C(N)Cc1ccccc1)C(=O)NC(CC(C)C)C(=O)NC(CCCN=C(N)N)C(=O)O. The van der Waals surface area contributed by atoms with Gasteiger partial charge in [0, 0.05) is 6.54 Å². The van der Waals surface area contributed by atoms with E-state index in [-0.39, 0.29) is 31.3 Å². The zero-order valence-corrected chi connectivity index (χ0v) is 23.7. The van der Waals surface area contributed by atoms with Gasteiger partial charge in [0.15, 0.2) is 5.96 Å². The van der Waals surface area contributed by atoms with Crippen LogP contribution in [0.2, 0.25) is 0 Å². The lowest BCUT2D eigenvalue weighted by Crippen LogP contribution is -2.57. The van der Waals surface area contributed by atoms with Crippen LogP contribution in [0.4, 0.5) is 0 Å². The van der Waals surface area contributed by atoms with Gasteiger partial charge in [-0.2, -0.15) is 11.8 Å². The molecule has 12 nitrogen and oxygen atoms in total. The van der Waals surface area contributed by atoms with Crippen LogP contribution < -0.4 is 33.2 Å². The average molecular weight is 566 g/mol. The van der Waals surface area contributed by atoms with Gasteiger partial charge in [-0.05, 0) is 55.6 Å². The lowest BCUT2D eigenvalue weighted by atomic mass is 10.0. The standard InChI is InChI=1S/C26H43N7O5S/c1-16(2)14-21(24(36)32-20(25(37)38)10-7-12-30-26(28)29)33-23(35)19(11-13-39-3)31-22(34)18(27)15-17-8-5-4-6-9-17/h4-6,8-9,16,18-21H,7,10-15,27H2,1-3H3,(H,31,34)(H,32,36)(H,33,35)(H,37,38)(H4,28,29,30). The number of carboxylic acid groups (broad SMARTS) is 1. The molecule has 0 aromatic heterocycles. The van der Waals surface area contributed by atoms with E-state index in [1.54, 1.807) is 0 Å². The second-order valence-corrected chi connectivity index (χ2v) is 10.7. The zero-order valence-electron chi connectivity index (χ0n) is 22.9. The third kappa shape index (κ3) is 13.9. The van der Waals surface area contributed by atoms with Gasteiger partial charge < -0.3 is 38.3 Å². The Labute approximate surface area is 234 Å². The molecule has 1 aromatic rings. The summed E-state index contributed by atoms with van der Waals surface area (Å²) in [6.45, 7) is 3.98. The molecule has 10 N–H and O–H groups in total. The Bertz CT molecular complexity index is 957. The van der Waals surface area contributed by atoms with E-state index in [0.717, 1.165) is 5.56 Å². The molecule has 0 spiro atoms. The van der Waals surface area contributed by atoms with E-state index < -0.39 is 47.9 Å². The number of rotatable bonds is 18. The highest BCUT2D eigenvalue weighted by atomic mass is 32.2. The van der Waals surface area contributed by atoms with Crippen molar-refractivity contribution in [2.24, 2.45) is 28.1 Å². The number of carboxylic acids is 1. The first-order valence-electron chi connectivity index (χ1n) is 12.9. The van der Waals surface area contributed by atoms with E-state index in [2.05, 4.69) is 20.9 Å². The van der Waals surface area contributed by atoms with Crippen molar-refractivity contribution in [1.82, 2.24) is 16.0 Å². The fourth-order valence-corrected chi connectivity index (χ4v) is 4.22. The third-order valence-electron chi connectivity index (χ3n) is 5.78. The summed E-state index contributed by atoms with van der Waals surface area (Å²) in [5.41, 5.74) is 17.6. The van der Waals surface area contributed by atoms with Gasteiger partial charge in [0.25, 0.3) is 0 Å². The fourth-order valence-electron chi connectivity index (χ4n) is 3.75. The number of nitrogens with one attached hydrogen (secondary N) is 3. The van der Waals surface area contributed by atoms with Crippen LogP contribution in [0.15, 0.2) is 35.3 Å². The molecule has 39 heavy (non-hydrogen) atoms. The molecule has 218 valence electrons. The Balaban J connectivity index is 2.91. The molecule has 1 aromatic carbocycles. The number of carbonyl (C=O) groups is 4. The maximum absolute atomic E-state index is 13.2. The van der Waals surface area contributed by atoms with Crippen LogP contribution in [0.1, 0.15) is 45.1 Å². The highest BCUT2D eigenvalue weighted by Crippen LogP contribution is 2.10. The number of aliphatic imine (C=N–C) groups is 1. The molecule has 0 fully saturated rings. The number of hydrogen-bond acceptors (Lipinski definition) is 7. The van der Waals surface area contributed by atoms with E-state index in [4.69, 9.17) is 17.2 Å². The molecule has 0 heterocycles. The Kier molecular flexibility index (Phi) is 15.6. The number of guanidine groups is 1. The summed E-state index contributed by atoms with van der Waals surface area (Å²) in [5, 5.41) is 17.5. The maximum Gasteiger partial charge on any atom is 0.326 e. The summed E-state index contributed by atoms with van der Waals surface area (Å²) in [5.74, 6) is -2.34. The van der Waals surface area contributed by atoms with Crippen LogP contribution in [0, 0.1) is 5.92 Å². The Hall–Kier alpha value is -3.32. The minimum Gasteiger partial charge on any atom is -0.480 e. The molecule has 0 bridgehead atoms. The van der Waals surface area contributed by atoms with Gasteiger partial charge in [0.2, 0.25) is 17.7 Å².